The maximum Gasteiger partial charge on any atom is 0.328 e. The molecule has 72 valence electrons. The van der Waals surface area contributed by atoms with E-state index in [1.54, 1.807) is 0 Å². The molecule has 1 rings (SSSR count). The van der Waals surface area contributed by atoms with Crippen molar-refractivity contribution in [1.82, 2.24) is 5.32 Å². The van der Waals surface area contributed by atoms with Gasteiger partial charge in [-0.25, -0.2) is 4.79 Å². The van der Waals surface area contributed by atoms with E-state index in [0.29, 0.717) is 5.92 Å². The third-order valence-electron chi connectivity index (χ3n) is 2.15. The smallest absolute Gasteiger partial charge is 0.328 e. The summed E-state index contributed by atoms with van der Waals surface area (Å²) in [5.41, 5.74) is 0. The molecule has 2 N–H and O–H groups in total. The first-order valence-corrected chi connectivity index (χ1v) is 4.35. The zero-order valence-corrected chi connectivity index (χ0v) is 7.49. The van der Waals surface area contributed by atoms with Gasteiger partial charge in [-0.1, -0.05) is 13.3 Å². The minimum Gasteiger partial charge on any atom is -0.478 e. The molecule has 0 bridgehead atoms. The first-order chi connectivity index (χ1) is 6.13. The summed E-state index contributed by atoms with van der Waals surface area (Å²) >= 11 is 0. The van der Waals surface area contributed by atoms with Gasteiger partial charge >= 0.3 is 5.97 Å². The van der Waals surface area contributed by atoms with E-state index in [2.05, 4.69) is 12.2 Å². The number of amides is 1. The van der Waals surface area contributed by atoms with Crippen LogP contribution in [-0.2, 0) is 9.59 Å². The average Bonchev–Trinajstić information content (AvgIpc) is 2.80. The van der Waals surface area contributed by atoms with E-state index < -0.39 is 5.97 Å². The Kier molecular flexibility index (Phi) is 3.06. The Bertz CT molecular complexity index is 247. The predicted molar refractivity (Wildman–Crippen MR) is 47.1 cm³/mol. The van der Waals surface area contributed by atoms with Crippen molar-refractivity contribution in [3.05, 3.63) is 12.2 Å². The lowest BCUT2D eigenvalue weighted by Gasteiger charge is -1.97. The van der Waals surface area contributed by atoms with Gasteiger partial charge in [0, 0.05) is 18.2 Å². The highest BCUT2D eigenvalue weighted by Crippen LogP contribution is 2.32. The molecule has 4 heteroatoms. The van der Waals surface area contributed by atoms with Crippen molar-refractivity contribution in [2.24, 2.45) is 5.92 Å². The number of hydrogen-bond acceptors (Lipinski definition) is 2. The molecule has 1 saturated carbocycles. The second kappa shape index (κ2) is 4.07. The lowest BCUT2D eigenvalue weighted by molar-refractivity contribution is -0.131. The molecular formula is C9H13NO3. The Morgan fingerprint density at radius 2 is 2.23 bits per heavy atom. The molecule has 0 aromatic rings. The standard InChI is InChI=1S/C9H13NO3/c1-2-6-5-7(6)10-8(11)3-4-9(12)13/h3-4,6-7H,2,5H2,1H3,(H,10,11)(H,12,13)/b4-3+. The maximum absolute atomic E-state index is 11.0. The molecule has 1 aliphatic rings. The van der Waals surface area contributed by atoms with Crippen molar-refractivity contribution in [3.63, 3.8) is 0 Å². The topological polar surface area (TPSA) is 66.4 Å². The number of carboxylic acid groups (broad SMARTS) is 1. The van der Waals surface area contributed by atoms with Gasteiger partial charge in [-0.15, -0.1) is 0 Å². The molecule has 13 heavy (non-hydrogen) atoms. The van der Waals surface area contributed by atoms with Gasteiger partial charge in [0.15, 0.2) is 0 Å². The zero-order valence-electron chi connectivity index (χ0n) is 7.49. The van der Waals surface area contributed by atoms with Crippen LogP contribution in [0.4, 0.5) is 0 Å². The molecule has 1 fully saturated rings. The van der Waals surface area contributed by atoms with Crippen LogP contribution in [0.3, 0.4) is 0 Å². The third kappa shape index (κ3) is 3.27. The van der Waals surface area contributed by atoms with Gasteiger partial charge in [-0.2, -0.15) is 0 Å². The molecule has 0 radical (unpaired) electrons. The van der Waals surface area contributed by atoms with Crippen molar-refractivity contribution in [1.29, 1.82) is 0 Å². The van der Waals surface area contributed by atoms with Gasteiger partial charge in [0.2, 0.25) is 5.91 Å². The van der Waals surface area contributed by atoms with E-state index in [1.807, 2.05) is 0 Å². The van der Waals surface area contributed by atoms with E-state index in [-0.39, 0.29) is 11.9 Å². The normalized spacial score (nSPS) is 25.9. The Labute approximate surface area is 76.6 Å². The van der Waals surface area contributed by atoms with Crippen LogP contribution in [0.1, 0.15) is 19.8 Å². The Morgan fingerprint density at radius 3 is 2.69 bits per heavy atom. The van der Waals surface area contributed by atoms with Crippen molar-refractivity contribution in [2.75, 3.05) is 0 Å². The fraction of sp³-hybridized carbons (Fsp3) is 0.556. The lowest BCUT2D eigenvalue weighted by atomic mass is 10.3. The third-order valence-corrected chi connectivity index (χ3v) is 2.15. The number of nitrogens with one attached hydrogen (secondary N) is 1. The number of rotatable bonds is 4. The van der Waals surface area contributed by atoms with Crippen LogP contribution in [0, 0.1) is 5.92 Å². The number of carboxylic acids is 1. The second-order valence-corrected chi connectivity index (χ2v) is 3.19. The fourth-order valence-corrected chi connectivity index (χ4v) is 1.25. The number of carbonyl (C=O) groups is 2. The van der Waals surface area contributed by atoms with E-state index in [4.69, 9.17) is 5.11 Å². The molecule has 1 amide bonds. The van der Waals surface area contributed by atoms with E-state index in [0.717, 1.165) is 25.0 Å². The van der Waals surface area contributed by atoms with Crippen molar-refractivity contribution in [2.45, 2.75) is 25.8 Å². The summed E-state index contributed by atoms with van der Waals surface area (Å²) in [4.78, 5) is 21.1. The van der Waals surface area contributed by atoms with Crippen LogP contribution in [0.2, 0.25) is 0 Å². The van der Waals surface area contributed by atoms with Crippen LogP contribution in [0.25, 0.3) is 0 Å². The highest BCUT2D eigenvalue weighted by molar-refractivity contribution is 5.94. The molecule has 0 spiro atoms. The molecular weight excluding hydrogens is 170 g/mol. The van der Waals surface area contributed by atoms with Crippen LogP contribution < -0.4 is 5.32 Å². The molecule has 0 aliphatic heterocycles. The van der Waals surface area contributed by atoms with E-state index >= 15 is 0 Å². The first kappa shape index (κ1) is 9.77. The number of carbonyl (C=O) groups excluding carboxylic acids is 1. The molecule has 0 heterocycles. The Morgan fingerprint density at radius 1 is 1.54 bits per heavy atom. The molecule has 1 aliphatic carbocycles. The van der Waals surface area contributed by atoms with E-state index in [1.165, 1.54) is 0 Å². The van der Waals surface area contributed by atoms with Gasteiger partial charge in [-0.3, -0.25) is 4.79 Å². The molecule has 2 atom stereocenters. The summed E-state index contributed by atoms with van der Waals surface area (Å²) in [6.07, 6.45) is 3.97. The Hall–Kier alpha value is -1.32. The average molecular weight is 183 g/mol. The Balaban J connectivity index is 2.23. The van der Waals surface area contributed by atoms with Gasteiger partial charge in [-0.05, 0) is 12.3 Å². The second-order valence-electron chi connectivity index (χ2n) is 3.19. The largest absolute Gasteiger partial charge is 0.478 e. The predicted octanol–water partition coefficient (Wildman–Crippen LogP) is 0.542. The molecule has 4 nitrogen and oxygen atoms in total. The van der Waals surface area contributed by atoms with Crippen molar-refractivity contribution >= 4 is 11.9 Å². The number of aliphatic carboxylic acids is 1. The summed E-state index contributed by atoms with van der Waals surface area (Å²) in [6.45, 7) is 2.07. The fourth-order valence-electron chi connectivity index (χ4n) is 1.25. The summed E-state index contributed by atoms with van der Waals surface area (Å²) in [7, 11) is 0. The van der Waals surface area contributed by atoms with Crippen LogP contribution in [0.15, 0.2) is 12.2 Å². The summed E-state index contributed by atoms with van der Waals surface area (Å²) < 4.78 is 0. The summed E-state index contributed by atoms with van der Waals surface area (Å²) in [5, 5.41) is 11.0. The van der Waals surface area contributed by atoms with Crippen LogP contribution in [0.5, 0.6) is 0 Å². The maximum atomic E-state index is 11.0. The summed E-state index contributed by atoms with van der Waals surface area (Å²) in [5.74, 6) is -0.830. The SMILES string of the molecule is CCC1CC1NC(=O)/C=C/C(=O)O. The quantitative estimate of drug-likeness (QED) is 0.625. The minimum atomic E-state index is -1.10. The summed E-state index contributed by atoms with van der Waals surface area (Å²) in [6, 6.07) is 0.260. The van der Waals surface area contributed by atoms with Gasteiger partial charge in [0.25, 0.3) is 0 Å². The number of hydrogen-bond donors (Lipinski definition) is 2. The van der Waals surface area contributed by atoms with Gasteiger partial charge in [0.1, 0.15) is 0 Å². The molecule has 2 unspecified atom stereocenters. The van der Waals surface area contributed by atoms with E-state index in [9.17, 15) is 9.59 Å². The van der Waals surface area contributed by atoms with Crippen LogP contribution >= 0.6 is 0 Å². The highest BCUT2D eigenvalue weighted by atomic mass is 16.4. The van der Waals surface area contributed by atoms with Crippen molar-refractivity contribution < 1.29 is 14.7 Å². The lowest BCUT2D eigenvalue weighted by Crippen LogP contribution is -2.24. The molecule has 0 aromatic carbocycles. The monoisotopic (exact) mass is 183 g/mol. The van der Waals surface area contributed by atoms with Gasteiger partial charge in [0.05, 0.1) is 0 Å². The molecule has 0 aromatic heterocycles. The van der Waals surface area contributed by atoms with Crippen LogP contribution in [-0.4, -0.2) is 23.0 Å². The molecule has 0 saturated heterocycles. The first-order valence-electron chi connectivity index (χ1n) is 4.35. The minimum absolute atomic E-state index is 0.260. The zero-order chi connectivity index (χ0) is 9.84. The van der Waals surface area contributed by atoms with Gasteiger partial charge < -0.3 is 10.4 Å². The highest BCUT2D eigenvalue weighted by Gasteiger charge is 2.35. The van der Waals surface area contributed by atoms with Crippen molar-refractivity contribution in [3.8, 4) is 0 Å².